The van der Waals surface area contributed by atoms with E-state index in [9.17, 15) is 0 Å². The fourth-order valence-corrected chi connectivity index (χ4v) is 0. The van der Waals surface area contributed by atoms with Gasteiger partial charge >= 0.3 is 0 Å². The Balaban J connectivity index is -0.00000000167. The topological polar surface area (TPSA) is 17.1 Å². The summed E-state index contributed by atoms with van der Waals surface area (Å²) in [5, 5.41) is 0. The maximum Gasteiger partial charge on any atom is 0.106 e. The molecule has 0 aromatic heterocycles. The number of rotatable bonds is 0. The number of hydrogen-bond acceptors (Lipinski definition) is 1. The van der Waals surface area contributed by atoms with Crippen molar-refractivity contribution in [3.63, 3.8) is 0 Å². The molecular weight excluding hydrogens is 215 g/mol. The Hall–Kier alpha value is 1.21. The third kappa shape index (κ3) is 36.5. The molecule has 0 aliphatic rings. The molecule has 0 aromatic carbocycles. The van der Waals surface area contributed by atoms with Gasteiger partial charge in [0.1, 0.15) is 6.79 Å². The molecule has 0 fully saturated rings. The summed E-state index contributed by atoms with van der Waals surface area (Å²) in [5.41, 5.74) is 0. The van der Waals surface area contributed by atoms with E-state index in [2.05, 4.69) is 0 Å². The SMILES string of the molecule is C=O.S.[Co].[Mo]. The molecule has 0 unspecified atom stereocenters. The Morgan fingerprint density at radius 3 is 1.20 bits per heavy atom. The molecule has 0 rings (SSSR count). The van der Waals surface area contributed by atoms with Crippen molar-refractivity contribution in [2.75, 3.05) is 0 Å². The van der Waals surface area contributed by atoms with Crippen LogP contribution in [0.2, 0.25) is 0 Å². The fraction of sp³-hybridized carbons (Fsp3) is 0. The maximum atomic E-state index is 8.00. The van der Waals surface area contributed by atoms with Crippen molar-refractivity contribution in [2.45, 2.75) is 0 Å². The average molecular weight is 219 g/mol. The molecule has 1 radical (unpaired) electrons. The third-order valence-electron chi connectivity index (χ3n) is 0. The Kier molecular flexibility index (Phi) is 433. The first-order valence-electron chi connectivity index (χ1n) is 0.289. The van der Waals surface area contributed by atoms with Crippen LogP contribution in [0, 0.1) is 0 Å². The van der Waals surface area contributed by atoms with Gasteiger partial charge in [0, 0.05) is 37.8 Å². The van der Waals surface area contributed by atoms with Crippen molar-refractivity contribution < 1.29 is 42.6 Å². The summed E-state index contributed by atoms with van der Waals surface area (Å²) in [5.74, 6) is 0. The van der Waals surface area contributed by atoms with Crippen molar-refractivity contribution >= 4 is 20.3 Å². The zero-order valence-electron chi connectivity index (χ0n) is 2.36. The maximum absolute atomic E-state index is 8.00. The van der Waals surface area contributed by atoms with Gasteiger partial charge in [0.15, 0.2) is 0 Å². The Bertz CT molecular complexity index is 11.6. The van der Waals surface area contributed by atoms with Crippen molar-refractivity contribution in [3.8, 4) is 0 Å². The predicted molar refractivity (Wildman–Crippen MR) is 17.5 cm³/mol. The minimum atomic E-state index is 0. The summed E-state index contributed by atoms with van der Waals surface area (Å²) in [4.78, 5) is 8.00. The quantitative estimate of drug-likeness (QED) is 0.521. The van der Waals surface area contributed by atoms with Gasteiger partial charge in [-0.3, -0.25) is 0 Å². The normalized spacial score (nSPS) is 0.800. The van der Waals surface area contributed by atoms with Gasteiger partial charge in [-0.25, -0.2) is 0 Å². The molecule has 4 heteroatoms. The van der Waals surface area contributed by atoms with Crippen molar-refractivity contribution in [1.82, 2.24) is 0 Å². The molecule has 35 valence electrons. The summed E-state index contributed by atoms with van der Waals surface area (Å²) < 4.78 is 0. The van der Waals surface area contributed by atoms with Gasteiger partial charge in [-0.15, -0.1) is 0 Å². The van der Waals surface area contributed by atoms with Crippen LogP contribution in [0.4, 0.5) is 0 Å². The Labute approximate surface area is 62.8 Å². The number of carbonyl (C=O) groups excluding carboxylic acids is 1. The second-order valence-electron chi connectivity index (χ2n) is 0. The average Bonchev–Trinajstić information content (AvgIpc) is 1.00. The van der Waals surface area contributed by atoms with Crippen molar-refractivity contribution in [2.24, 2.45) is 0 Å². The largest absolute Gasteiger partial charge is 0.307 e. The monoisotopic (exact) mass is 221 g/mol. The van der Waals surface area contributed by atoms with Gasteiger partial charge in [0.05, 0.1) is 0 Å². The molecular formula is CH4CoMoOS. The van der Waals surface area contributed by atoms with Crippen LogP contribution in [0.5, 0.6) is 0 Å². The van der Waals surface area contributed by atoms with Gasteiger partial charge < -0.3 is 4.79 Å². The number of hydrogen-bond donors (Lipinski definition) is 0. The molecule has 0 N–H and O–H groups in total. The third-order valence-corrected chi connectivity index (χ3v) is 0. The van der Waals surface area contributed by atoms with E-state index in [-0.39, 0.29) is 51.3 Å². The summed E-state index contributed by atoms with van der Waals surface area (Å²) >= 11 is 0. The van der Waals surface area contributed by atoms with Crippen LogP contribution in [0.15, 0.2) is 0 Å². The fourth-order valence-electron chi connectivity index (χ4n) is 0. The zero-order chi connectivity index (χ0) is 2.00. The molecule has 0 spiro atoms. The van der Waals surface area contributed by atoms with E-state index in [1.54, 1.807) is 0 Å². The van der Waals surface area contributed by atoms with E-state index in [1.165, 1.54) is 0 Å². The molecule has 0 heterocycles. The Morgan fingerprint density at radius 2 is 1.20 bits per heavy atom. The van der Waals surface area contributed by atoms with Crippen LogP contribution < -0.4 is 0 Å². The Morgan fingerprint density at radius 1 is 1.20 bits per heavy atom. The predicted octanol–water partition coefficient (Wildman–Crippen LogP) is -0.0771. The molecule has 0 aliphatic heterocycles. The zero-order valence-corrected chi connectivity index (χ0v) is 6.40. The minimum Gasteiger partial charge on any atom is -0.307 e. The van der Waals surface area contributed by atoms with E-state index in [1.807, 2.05) is 6.79 Å². The van der Waals surface area contributed by atoms with E-state index in [4.69, 9.17) is 4.79 Å². The first kappa shape index (κ1) is 34.5. The molecule has 0 atom stereocenters. The standard InChI is InChI=1S/CH2O.Co.Mo.H2S/c1-2;;;/h1H2;;;1H2. The van der Waals surface area contributed by atoms with Crippen LogP contribution in [0.3, 0.4) is 0 Å². The molecule has 0 bridgehead atoms. The summed E-state index contributed by atoms with van der Waals surface area (Å²) in [7, 11) is 0. The van der Waals surface area contributed by atoms with Crippen LogP contribution in [0.1, 0.15) is 0 Å². The minimum absolute atomic E-state index is 0. The van der Waals surface area contributed by atoms with Gasteiger partial charge in [0.2, 0.25) is 0 Å². The molecule has 5 heavy (non-hydrogen) atoms. The van der Waals surface area contributed by atoms with Crippen LogP contribution in [-0.4, -0.2) is 6.79 Å². The van der Waals surface area contributed by atoms with Crippen LogP contribution in [-0.2, 0) is 42.6 Å². The molecule has 0 aromatic rings. The number of carbonyl (C=O) groups is 1. The summed E-state index contributed by atoms with van der Waals surface area (Å²) in [6.07, 6.45) is 0. The molecule has 0 saturated heterocycles. The molecule has 0 saturated carbocycles. The molecule has 0 amide bonds. The molecule has 0 aliphatic carbocycles. The van der Waals surface area contributed by atoms with Gasteiger partial charge in [0.25, 0.3) is 0 Å². The first-order valence-corrected chi connectivity index (χ1v) is 0.289. The van der Waals surface area contributed by atoms with Gasteiger partial charge in [-0.05, 0) is 0 Å². The van der Waals surface area contributed by atoms with Gasteiger partial charge in [-0.2, -0.15) is 13.5 Å². The van der Waals surface area contributed by atoms with Crippen LogP contribution in [0.25, 0.3) is 0 Å². The summed E-state index contributed by atoms with van der Waals surface area (Å²) in [6, 6.07) is 0. The second kappa shape index (κ2) is 62.8. The summed E-state index contributed by atoms with van der Waals surface area (Å²) in [6.45, 7) is 2.00. The first-order chi connectivity index (χ1) is 1.00. The smallest absolute Gasteiger partial charge is 0.106 e. The second-order valence-corrected chi connectivity index (χ2v) is 0. The van der Waals surface area contributed by atoms with Gasteiger partial charge in [-0.1, -0.05) is 0 Å². The van der Waals surface area contributed by atoms with Crippen molar-refractivity contribution in [1.29, 1.82) is 0 Å². The van der Waals surface area contributed by atoms with E-state index >= 15 is 0 Å². The van der Waals surface area contributed by atoms with E-state index in [0.717, 1.165) is 0 Å². The van der Waals surface area contributed by atoms with E-state index in [0.29, 0.717) is 0 Å². The van der Waals surface area contributed by atoms with Crippen molar-refractivity contribution in [3.05, 3.63) is 0 Å². The molecule has 1 nitrogen and oxygen atoms in total. The van der Waals surface area contributed by atoms with E-state index < -0.39 is 0 Å². The van der Waals surface area contributed by atoms with Crippen LogP contribution >= 0.6 is 13.5 Å².